The molecular formula is C24H25ClN4O2. The molecule has 0 fully saturated rings. The smallest absolute Gasteiger partial charge is 0.229 e. The first-order valence-corrected chi connectivity index (χ1v) is 9.67. The minimum absolute atomic E-state index is 0. The van der Waals surface area contributed by atoms with Crippen LogP contribution in [0.1, 0.15) is 11.1 Å². The highest BCUT2D eigenvalue weighted by molar-refractivity contribution is 5.94. The Hall–Kier alpha value is -3.51. The molecule has 4 aromatic rings. The third-order valence-corrected chi connectivity index (χ3v) is 4.82. The molecule has 0 unspecified atom stereocenters. The minimum Gasteiger partial charge on any atom is -0.493 e. The van der Waals surface area contributed by atoms with E-state index in [1.807, 2.05) is 48.5 Å². The van der Waals surface area contributed by atoms with Crippen molar-refractivity contribution in [1.82, 2.24) is 9.97 Å². The molecule has 6 nitrogen and oxygen atoms in total. The molecule has 1 aromatic heterocycles. The van der Waals surface area contributed by atoms with E-state index in [-0.39, 0.29) is 12.4 Å². The Morgan fingerprint density at radius 3 is 1.74 bits per heavy atom. The standard InChI is InChI=1S/C24H24N4O2.ClH/c1-15-5-9-17(10-6-15)25-23-19-13-21(29-3)22(30-4)14-20(19)27-24(28-23)26-18-11-7-16(2)8-12-18;/h5-14H,1-4H3,(H2,25,26,27,28);1H. The molecule has 0 saturated heterocycles. The Morgan fingerprint density at radius 2 is 1.19 bits per heavy atom. The van der Waals surface area contributed by atoms with Crippen LogP contribution in [-0.4, -0.2) is 24.2 Å². The quantitative estimate of drug-likeness (QED) is 0.376. The lowest BCUT2D eigenvalue weighted by atomic mass is 10.2. The minimum atomic E-state index is 0. The van der Waals surface area contributed by atoms with E-state index in [1.54, 1.807) is 14.2 Å². The zero-order valence-corrected chi connectivity index (χ0v) is 18.7. The number of halogens is 1. The third-order valence-electron chi connectivity index (χ3n) is 4.82. The summed E-state index contributed by atoms with van der Waals surface area (Å²) in [5, 5.41) is 7.54. The number of nitrogens with one attached hydrogen (secondary N) is 2. The molecule has 160 valence electrons. The van der Waals surface area contributed by atoms with Crippen molar-refractivity contribution in [2.24, 2.45) is 0 Å². The molecule has 0 bridgehead atoms. The molecule has 0 amide bonds. The van der Waals surface area contributed by atoms with Gasteiger partial charge in [-0.05, 0) is 44.2 Å². The van der Waals surface area contributed by atoms with E-state index in [9.17, 15) is 0 Å². The zero-order chi connectivity index (χ0) is 21.1. The van der Waals surface area contributed by atoms with E-state index in [0.717, 1.165) is 22.3 Å². The van der Waals surface area contributed by atoms with Crippen LogP contribution >= 0.6 is 12.4 Å². The lowest BCUT2D eigenvalue weighted by Gasteiger charge is -2.15. The molecule has 0 atom stereocenters. The first-order chi connectivity index (χ1) is 14.6. The van der Waals surface area contributed by atoms with Crippen molar-refractivity contribution in [3.05, 3.63) is 71.8 Å². The average molecular weight is 437 g/mol. The van der Waals surface area contributed by atoms with E-state index < -0.39 is 0 Å². The number of ether oxygens (including phenoxy) is 2. The monoisotopic (exact) mass is 436 g/mol. The maximum atomic E-state index is 5.48. The van der Waals surface area contributed by atoms with Crippen molar-refractivity contribution in [1.29, 1.82) is 0 Å². The van der Waals surface area contributed by atoms with Crippen LogP contribution in [0.25, 0.3) is 10.9 Å². The van der Waals surface area contributed by atoms with Crippen molar-refractivity contribution in [3.8, 4) is 11.5 Å². The maximum absolute atomic E-state index is 5.48. The molecule has 0 aliphatic heterocycles. The second-order valence-corrected chi connectivity index (χ2v) is 7.10. The van der Waals surface area contributed by atoms with Gasteiger partial charge in [0.2, 0.25) is 5.95 Å². The molecule has 7 heteroatoms. The van der Waals surface area contributed by atoms with E-state index >= 15 is 0 Å². The Morgan fingerprint density at radius 1 is 0.677 bits per heavy atom. The number of fused-ring (bicyclic) bond motifs is 1. The van der Waals surface area contributed by atoms with Crippen LogP contribution in [0, 0.1) is 13.8 Å². The van der Waals surface area contributed by atoms with Gasteiger partial charge in [-0.1, -0.05) is 35.4 Å². The summed E-state index contributed by atoms with van der Waals surface area (Å²) in [6, 6.07) is 20.0. The summed E-state index contributed by atoms with van der Waals surface area (Å²) in [6.07, 6.45) is 0. The van der Waals surface area contributed by atoms with Crippen LogP contribution in [0.4, 0.5) is 23.1 Å². The predicted molar refractivity (Wildman–Crippen MR) is 129 cm³/mol. The molecule has 0 saturated carbocycles. The number of aromatic nitrogens is 2. The van der Waals surface area contributed by atoms with Crippen LogP contribution in [-0.2, 0) is 0 Å². The third kappa shape index (κ3) is 4.98. The molecule has 3 aromatic carbocycles. The van der Waals surface area contributed by atoms with E-state index in [2.05, 4.69) is 36.6 Å². The van der Waals surface area contributed by atoms with E-state index in [1.165, 1.54) is 11.1 Å². The van der Waals surface area contributed by atoms with Gasteiger partial charge in [0.15, 0.2) is 11.5 Å². The summed E-state index contributed by atoms with van der Waals surface area (Å²) >= 11 is 0. The van der Waals surface area contributed by atoms with Gasteiger partial charge in [0.1, 0.15) is 5.82 Å². The Balaban J connectivity index is 0.00000272. The van der Waals surface area contributed by atoms with Crippen molar-refractivity contribution in [2.45, 2.75) is 13.8 Å². The van der Waals surface area contributed by atoms with Gasteiger partial charge in [-0.3, -0.25) is 0 Å². The molecule has 4 rings (SSSR count). The molecule has 0 aliphatic rings. The molecule has 0 spiro atoms. The number of hydrogen-bond donors (Lipinski definition) is 2. The average Bonchev–Trinajstić information content (AvgIpc) is 2.76. The summed E-state index contributed by atoms with van der Waals surface area (Å²) < 4.78 is 10.9. The zero-order valence-electron chi connectivity index (χ0n) is 17.9. The van der Waals surface area contributed by atoms with Gasteiger partial charge in [0.05, 0.1) is 19.7 Å². The second-order valence-electron chi connectivity index (χ2n) is 7.10. The number of aryl methyl sites for hydroxylation is 2. The van der Waals surface area contributed by atoms with E-state index in [0.29, 0.717) is 23.3 Å². The largest absolute Gasteiger partial charge is 0.493 e. The van der Waals surface area contributed by atoms with Crippen LogP contribution in [0.3, 0.4) is 0 Å². The Kier molecular flexibility index (Phi) is 6.82. The number of anilines is 4. The number of nitrogens with zero attached hydrogens (tertiary/aromatic N) is 2. The van der Waals surface area contributed by atoms with E-state index in [4.69, 9.17) is 19.4 Å². The van der Waals surface area contributed by atoms with Crippen LogP contribution < -0.4 is 20.1 Å². The molecule has 31 heavy (non-hydrogen) atoms. The number of methoxy groups -OCH3 is 2. The first-order valence-electron chi connectivity index (χ1n) is 9.67. The highest BCUT2D eigenvalue weighted by Gasteiger charge is 2.14. The SMILES string of the molecule is COc1cc2nc(Nc3ccc(C)cc3)nc(Nc3ccc(C)cc3)c2cc1OC.Cl. The van der Waals surface area contributed by atoms with Gasteiger partial charge >= 0.3 is 0 Å². The van der Waals surface area contributed by atoms with Crippen LogP contribution in [0.5, 0.6) is 11.5 Å². The normalized spacial score (nSPS) is 10.3. The fraction of sp³-hybridized carbons (Fsp3) is 0.167. The van der Waals surface area contributed by atoms with Gasteiger partial charge < -0.3 is 20.1 Å². The van der Waals surface area contributed by atoms with Crippen LogP contribution in [0.2, 0.25) is 0 Å². The summed E-state index contributed by atoms with van der Waals surface area (Å²) in [5.41, 5.74) is 4.99. The maximum Gasteiger partial charge on any atom is 0.229 e. The van der Waals surface area contributed by atoms with Crippen molar-refractivity contribution in [2.75, 3.05) is 24.9 Å². The summed E-state index contributed by atoms with van der Waals surface area (Å²) in [5.74, 6) is 2.42. The number of rotatable bonds is 6. The van der Waals surface area contributed by atoms with Crippen molar-refractivity contribution < 1.29 is 9.47 Å². The van der Waals surface area contributed by atoms with Crippen molar-refractivity contribution in [3.63, 3.8) is 0 Å². The number of hydrogen-bond acceptors (Lipinski definition) is 6. The molecule has 2 N–H and O–H groups in total. The molecule has 0 aliphatic carbocycles. The van der Waals surface area contributed by atoms with Crippen molar-refractivity contribution >= 4 is 46.5 Å². The molecule has 1 heterocycles. The van der Waals surface area contributed by atoms with Crippen LogP contribution in [0.15, 0.2) is 60.7 Å². The first kappa shape index (κ1) is 22.2. The summed E-state index contributed by atoms with van der Waals surface area (Å²) in [4.78, 5) is 9.43. The number of benzene rings is 3. The molecule has 0 radical (unpaired) electrons. The Labute approximate surface area is 188 Å². The van der Waals surface area contributed by atoms with Gasteiger partial charge in [-0.2, -0.15) is 4.98 Å². The summed E-state index contributed by atoms with van der Waals surface area (Å²) in [7, 11) is 3.23. The van der Waals surface area contributed by atoms with Gasteiger partial charge in [0, 0.05) is 22.8 Å². The highest BCUT2D eigenvalue weighted by atomic mass is 35.5. The lowest BCUT2D eigenvalue weighted by molar-refractivity contribution is 0.356. The highest BCUT2D eigenvalue weighted by Crippen LogP contribution is 2.35. The second kappa shape index (κ2) is 9.53. The predicted octanol–water partition coefficient (Wildman–Crippen LogP) is 6.17. The Bertz CT molecular complexity index is 1180. The topological polar surface area (TPSA) is 68.3 Å². The fourth-order valence-electron chi connectivity index (χ4n) is 3.15. The van der Waals surface area contributed by atoms with Gasteiger partial charge in [0.25, 0.3) is 0 Å². The van der Waals surface area contributed by atoms with Gasteiger partial charge in [-0.25, -0.2) is 4.98 Å². The summed E-state index contributed by atoms with van der Waals surface area (Å²) in [6.45, 7) is 4.12. The molecular weight excluding hydrogens is 412 g/mol. The fourth-order valence-corrected chi connectivity index (χ4v) is 3.15. The van der Waals surface area contributed by atoms with Gasteiger partial charge in [-0.15, -0.1) is 12.4 Å². The lowest BCUT2D eigenvalue weighted by Crippen LogP contribution is -2.03.